The third-order valence-corrected chi connectivity index (χ3v) is 2.68. The summed E-state index contributed by atoms with van der Waals surface area (Å²) in [4.78, 5) is 11.1. The number of nitrogens with zero attached hydrogens (tertiary/aromatic N) is 2. The first-order valence-electron chi connectivity index (χ1n) is 6.18. The molecule has 2 rings (SSSR count). The van der Waals surface area contributed by atoms with Crippen molar-refractivity contribution in [1.82, 2.24) is 9.78 Å². The molecule has 7 nitrogen and oxygen atoms in total. The number of rotatable bonds is 5. The lowest BCUT2D eigenvalue weighted by molar-refractivity contribution is 0.259. The van der Waals surface area contributed by atoms with E-state index in [1.54, 1.807) is 11.6 Å². The second-order valence-corrected chi connectivity index (χ2v) is 4.15. The monoisotopic (exact) mass is 275 g/mol. The molecular weight excluding hydrogens is 258 g/mol. The molecule has 5 N–H and O–H groups in total. The molecule has 0 radical (unpaired) electrons. The van der Waals surface area contributed by atoms with E-state index in [1.165, 1.54) is 0 Å². The van der Waals surface area contributed by atoms with Crippen molar-refractivity contribution in [2.75, 3.05) is 18.5 Å². The highest BCUT2D eigenvalue weighted by atomic mass is 16.5. The van der Waals surface area contributed by atoms with Gasteiger partial charge in [-0.05, 0) is 19.1 Å². The third-order valence-electron chi connectivity index (χ3n) is 2.68. The van der Waals surface area contributed by atoms with E-state index >= 15 is 0 Å². The van der Waals surface area contributed by atoms with Gasteiger partial charge in [-0.25, -0.2) is 9.48 Å². The molecule has 1 aromatic carbocycles. The molecule has 0 saturated heterocycles. The number of hydrogen-bond donors (Lipinski definition) is 3. The van der Waals surface area contributed by atoms with Gasteiger partial charge in [-0.3, -0.25) is 5.32 Å². The van der Waals surface area contributed by atoms with Gasteiger partial charge in [0.15, 0.2) is 0 Å². The highest BCUT2D eigenvalue weighted by molar-refractivity contribution is 5.88. The normalized spacial score (nSPS) is 10.3. The van der Waals surface area contributed by atoms with E-state index in [0.29, 0.717) is 30.4 Å². The van der Waals surface area contributed by atoms with Crippen molar-refractivity contribution in [3.8, 4) is 11.6 Å². The maximum absolute atomic E-state index is 11.1. The van der Waals surface area contributed by atoms with Gasteiger partial charge in [0.05, 0.1) is 11.3 Å². The second kappa shape index (κ2) is 6.07. The summed E-state index contributed by atoms with van der Waals surface area (Å²) < 4.78 is 7.04. The van der Waals surface area contributed by atoms with Crippen LogP contribution in [0.4, 0.5) is 10.6 Å². The molecule has 7 heteroatoms. The number of ether oxygens (including phenoxy) is 1. The Labute approximate surface area is 116 Å². The first kappa shape index (κ1) is 13.9. The Morgan fingerprint density at radius 3 is 2.70 bits per heavy atom. The molecule has 2 aromatic rings. The zero-order chi connectivity index (χ0) is 14.5. The molecule has 0 unspecified atom stereocenters. The van der Waals surface area contributed by atoms with Gasteiger partial charge >= 0.3 is 6.03 Å². The summed E-state index contributed by atoms with van der Waals surface area (Å²) in [7, 11) is 0. The van der Waals surface area contributed by atoms with E-state index in [4.69, 9.17) is 16.2 Å². The lowest BCUT2D eigenvalue weighted by atomic mass is 10.3. The Morgan fingerprint density at radius 1 is 1.40 bits per heavy atom. The smallest absolute Gasteiger partial charge is 0.317 e. The summed E-state index contributed by atoms with van der Waals surface area (Å²) in [6.07, 6.45) is 0. The number of amides is 2. The first-order chi connectivity index (χ1) is 9.63. The molecule has 0 bridgehead atoms. The van der Waals surface area contributed by atoms with Crippen LogP contribution in [0.2, 0.25) is 0 Å². The van der Waals surface area contributed by atoms with E-state index in [-0.39, 0.29) is 0 Å². The summed E-state index contributed by atoms with van der Waals surface area (Å²) >= 11 is 0. The molecule has 2 amide bonds. The Balaban J connectivity index is 2.45. The number of carbonyl (C=O) groups excluding carboxylic acids is 1. The van der Waals surface area contributed by atoms with Crippen LogP contribution in [0.15, 0.2) is 30.3 Å². The van der Waals surface area contributed by atoms with Gasteiger partial charge < -0.3 is 16.2 Å². The Bertz CT molecular complexity index is 594. The van der Waals surface area contributed by atoms with Gasteiger partial charge in [-0.15, -0.1) is 5.10 Å². The van der Waals surface area contributed by atoms with Crippen LogP contribution in [0, 0.1) is 6.92 Å². The zero-order valence-electron chi connectivity index (χ0n) is 11.2. The van der Waals surface area contributed by atoms with Crippen molar-refractivity contribution in [2.45, 2.75) is 6.92 Å². The van der Waals surface area contributed by atoms with Gasteiger partial charge in [-0.2, -0.15) is 0 Å². The van der Waals surface area contributed by atoms with E-state index in [2.05, 4.69) is 10.4 Å². The van der Waals surface area contributed by atoms with E-state index in [0.717, 1.165) is 5.69 Å². The fourth-order valence-corrected chi connectivity index (χ4v) is 1.79. The van der Waals surface area contributed by atoms with Gasteiger partial charge in [0.1, 0.15) is 12.4 Å². The zero-order valence-corrected chi connectivity index (χ0v) is 11.2. The molecule has 0 atom stereocenters. The molecule has 20 heavy (non-hydrogen) atoms. The number of benzene rings is 1. The average molecular weight is 275 g/mol. The van der Waals surface area contributed by atoms with Gasteiger partial charge in [0.25, 0.3) is 0 Å². The quantitative estimate of drug-likeness (QED) is 0.756. The van der Waals surface area contributed by atoms with Crippen LogP contribution >= 0.6 is 0 Å². The molecule has 0 saturated carbocycles. The van der Waals surface area contributed by atoms with Crippen LogP contribution < -0.4 is 21.5 Å². The molecule has 0 aliphatic carbocycles. The predicted molar refractivity (Wildman–Crippen MR) is 76.1 cm³/mol. The fourth-order valence-electron chi connectivity index (χ4n) is 1.79. The molecule has 0 aliphatic rings. The van der Waals surface area contributed by atoms with Crippen LogP contribution in [0.25, 0.3) is 5.69 Å². The Morgan fingerprint density at radius 2 is 2.10 bits per heavy atom. The predicted octanol–water partition coefficient (Wildman–Crippen LogP) is 1.01. The number of primary amides is 1. The maximum Gasteiger partial charge on any atom is 0.317 e. The minimum absolute atomic E-state index is 0.350. The van der Waals surface area contributed by atoms with E-state index in [1.807, 2.05) is 30.3 Å². The molecular formula is C13H17N5O2. The fraction of sp³-hybridized carbons (Fsp3) is 0.231. The minimum atomic E-state index is -0.657. The summed E-state index contributed by atoms with van der Waals surface area (Å²) in [5.41, 5.74) is 12.1. The van der Waals surface area contributed by atoms with Crippen molar-refractivity contribution in [3.63, 3.8) is 0 Å². The maximum atomic E-state index is 11.1. The van der Waals surface area contributed by atoms with Gasteiger partial charge in [-0.1, -0.05) is 18.2 Å². The number of nitrogens with one attached hydrogen (secondary N) is 1. The topological polar surface area (TPSA) is 108 Å². The second-order valence-electron chi connectivity index (χ2n) is 4.15. The highest BCUT2D eigenvalue weighted by Crippen LogP contribution is 2.27. The van der Waals surface area contributed by atoms with Crippen molar-refractivity contribution < 1.29 is 9.53 Å². The molecule has 1 aromatic heterocycles. The minimum Gasteiger partial charge on any atom is -0.475 e. The average Bonchev–Trinajstić information content (AvgIpc) is 2.74. The summed E-state index contributed by atoms with van der Waals surface area (Å²) in [5, 5.41) is 6.90. The Hall–Kier alpha value is -2.54. The largest absolute Gasteiger partial charge is 0.475 e. The summed E-state index contributed by atoms with van der Waals surface area (Å²) in [6.45, 7) is 2.53. The van der Waals surface area contributed by atoms with Gasteiger partial charge in [0.2, 0.25) is 5.88 Å². The van der Waals surface area contributed by atoms with E-state index in [9.17, 15) is 4.79 Å². The summed E-state index contributed by atoms with van der Waals surface area (Å²) in [6, 6.07) is 8.72. The van der Waals surface area contributed by atoms with Crippen LogP contribution in [0.1, 0.15) is 5.56 Å². The van der Waals surface area contributed by atoms with Crippen molar-refractivity contribution >= 4 is 11.8 Å². The lowest BCUT2D eigenvalue weighted by Crippen LogP contribution is -2.21. The molecule has 0 aliphatic heterocycles. The van der Waals surface area contributed by atoms with Crippen LogP contribution in [-0.2, 0) is 0 Å². The molecule has 0 fully saturated rings. The number of aromatic nitrogens is 2. The van der Waals surface area contributed by atoms with Crippen molar-refractivity contribution in [3.05, 3.63) is 35.9 Å². The highest BCUT2D eigenvalue weighted by Gasteiger charge is 2.17. The number of anilines is 1. The van der Waals surface area contributed by atoms with Gasteiger partial charge in [0, 0.05) is 6.54 Å². The molecule has 1 heterocycles. The number of nitrogens with two attached hydrogens (primary N) is 2. The number of para-hydroxylation sites is 1. The van der Waals surface area contributed by atoms with Crippen molar-refractivity contribution in [1.29, 1.82) is 0 Å². The molecule has 106 valence electrons. The third kappa shape index (κ3) is 2.89. The summed E-state index contributed by atoms with van der Waals surface area (Å²) in [5.74, 6) is 0.902. The lowest BCUT2D eigenvalue weighted by Gasteiger charge is -2.07. The number of carbonyl (C=O) groups is 1. The number of urea groups is 1. The first-order valence-corrected chi connectivity index (χ1v) is 6.18. The van der Waals surface area contributed by atoms with Crippen LogP contribution in [0.3, 0.4) is 0 Å². The van der Waals surface area contributed by atoms with Crippen LogP contribution in [-0.4, -0.2) is 29.0 Å². The molecule has 0 spiro atoms. The number of hydrogen-bond acceptors (Lipinski definition) is 4. The standard InChI is InChI=1S/C13H17N5O2/c1-9-11(16-13(15)19)18(10-5-3-2-4-6-10)17-12(9)20-8-7-14/h2-6H,7-8,14H2,1H3,(H3,15,16,19). The van der Waals surface area contributed by atoms with E-state index < -0.39 is 6.03 Å². The Kier molecular flexibility index (Phi) is 4.21. The van der Waals surface area contributed by atoms with Crippen molar-refractivity contribution in [2.24, 2.45) is 11.5 Å². The van der Waals surface area contributed by atoms with Crippen LogP contribution in [0.5, 0.6) is 5.88 Å². The SMILES string of the molecule is Cc1c(OCCN)nn(-c2ccccc2)c1NC(N)=O.